The lowest BCUT2D eigenvalue weighted by molar-refractivity contribution is -0.137. The van der Waals surface area contributed by atoms with Gasteiger partial charge in [0.15, 0.2) is 0 Å². The Labute approximate surface area is 164 Å². The number of amides is 2. The van der Waals surface area contributed by atoms with Crippen molar-refractivity contribution < 1.29 is 9.59 Å². The fourth-order valence-electron chi connectivity index (χ4n) is 3.89. The standard InChI is InChI=1S/C20H28BrN3O2/c21-17-7-9-18(10-8-17)22-19(25)15-23-11-5-6-16(14-23)20(26)24-12-3-1-2-4-13-24/h7-10,16H,1-6,11-15H2,(H,22,25). The lowest BCUT2D eigenvalue weighted by Gasteiger charge is -2.34. The van der Waals surface area contributed by atoms with E-state index < -0.39 is 0 Å². The molecule has 0 aliphatic carbocycles. The number of halogens is 1. The van der Waals surface area contributed by atoms with Gasteiger partial charge in [0.25, 0.3) is 0 Å². The van der Waals surface area contributed by atoms with Crippen molar-refractivity contribution in [2.24, 2.45) is 5.92 Å². The number of hydrogen-bond acceptors (Lipinski definition) is 3. The van der Waals surface area contributed by atoms with Crippen LogP contribution in [0.1, 0.15) is 38.5 Å². The number of nitrogens with zero attached hydrogens (tertiary/aromatic N) is 2. The van der Waals surface area contributed by atoms with E-state index in [2.05, 4.69) is 31.0 Å². The third-order valence-electron chi connectivity index (χ3n) is 5.27. The molecule has 0 saturated carbocycles. The van der Waals surface area contributed by atoms with Crippen LogP contribution in [-0.2, 0) is 9.59 Å². The van der Waals surface area contributed by atoms with Crippen molar-refractivity contribution in [3.05, 3.63) is 28.7 Å². The quantitative estimate of drug-likeness (QED) is 0.808. The molecule has 2 fully saturated rings. The largest absolute Gasteiger partial charge is 0.342 e. The number of anilines is 1. The molecule has 2 aliphatic heterocycles. The minimum Gasteiger partial charge on any atom is -0.342 e. The summed E-state index contributed by atoms with van der Waals surface area (Å²) < 4.78 is 0.987. The van der Waals surface area contributed by atoms with Crippen LogP contribution in [0.2, 0.25) is 0 Å². The highest BCUT2D eigenvalue weighted by molar-refractivity contribution is 9.10. The fourth-order valence-corrected chi connectivity index (χ4v) is 4.15. The van der Waals surface area contributed by atoms with E-state index in [0.717, 1.165) is 55.5 Å². The zero-order valence-corrected chi connectivity index (χ0v) is 16.8. The molecule has 3 rings (SSSR count). The van der Waals surface area contributed by atoms with E-state index in [1.54, 1.807) is 0 Å². The first-order chi connectivity index (χ1) is 12.6. The lowest BCUT2D eigenvalue weighted by atomic mass is 9.96. The Morgan fingerprint density at radius 3 is 2.38 bits per heavy atom. The van der Waals surface area contributed by atoms with Gasteiger partial charge in [-0.15, -0.1) is 0 Å². The average molecular weight is 422 g/mol. The Morgan fingerprint density at radius 1 is 1.00 bits per heavy atom. The van der Waals surface area contributed by atoms with E-state index in [4.69, 9.17) is 0 Å². The SMILES string of the molecule is O=C(CN1CCCC(C(=O)N2CCCCCC2)C1)Nc1ccc(Br)cc1. The number of nitrogens with one attached hydrogen (secondary N) is 1. The molecule has 0 aromatic heterocycles. The summed E-state index contributed by atoms with van der Waals surface area (Å²) >= 11 is 3.39. The molecule has 1 aromatic carbocycles. The van der Waals surface area contributed by atoms with Gasteiger partial charge in [-0.3, -0.25) is 14.5 Å². The van der Waals surface area contributed by atoms with Crippen molar-refractivity contribution in [1.29, 1.82) is 0 Å². The summed E-state index contributed by atoms with van der Waals surface area (Å²) in [6.07, 6.45) is 6.64. The highest BCUT2D eigenvalue weighted by atomic mass is 79.9. The van der Waals surface area contributed by atoms with Crippen molar-refractivity contribution in [3.8, 4) is 0 Å². The fraction of sp³-hybridized carbons (Fsp3) is 0.600. The van der Waals surface area contributed by atoms with E-state index in [0.29, 0.717) is 19.0 Å². The lowest BCUT2D eigenvalue weighted by Crippen LogP contribution is -2.47. The van der Waals surface area contributed by atoms with E-state index in [1.807, 2.05) is 24.3 Å². The number of carbonyl (C=O) groups is 2. The maximum Gasteiger partial charge on any atom is 0.238 e. The van der Waals surface area contributed by atoms with Crippen LogP contribution in [0.4, 0.5) is 5.69 Å². The zero-order chi connectivity index (χ0) is 18.4. The van der Waals surface area contributed by atoms with Crippen molar-refractivity contribution in [2.75, 3.05) is 38.0 Å². The molecular weight excluding hydrogens is 394 g/mol. The number of likely N-dealkylation sites (tertiary alicyclic amines) is 2. The van der Waals surface area contributed by atoms with Crippen LogP contribution in [0.3, 0.4) is 0 Å². The summed E-state index contributed by atoms with van der Waals surface area (Å²) in [5, 5.41) is 2.94. The highest BCUT2D eigenvalue weighted by Crippen LogP contribution is 2.21. The van der Waals surface area contributed by atoms with Gasteiger partial charge in [0.1, 0.15) is 0 Å². The molecule has 0 radical (unpaired) electrons. The van der Waals surface area contributed by atoms with Crippen molar-refractivity contribution in [2.45, 2.75) is 38.5 Å². The Kier molecular flexibility index (Phi) is 7.08. The smallest absolute Gasteiger partial charge is 0.238 e. The van der Waals surface area contributed by atoms with E-state index >= 15 is 0 Å². The molecule has 1 N–H and O–H groups in total. The highest BCUT2D eigenvalue weighted by Gasteiger charge is 2.30. The van der Waals surface area contributed by atoms with Crippen molar-refractivity contribution >= 4 is 33.4 Å². The van der Waals surface area contributed by atoms with Gasteiger partial charge in [0, 0.05) is 29.8 Å². The van der Waals surface area contributed by atoms with Gasteiger partial charge in [-0.05, 0) is 56.5 Å². The molecule has 2 saturated heterocycles. The molecule has 26 heavy (non-hydrogen) atoms. The minimum atomic E-state index is -0.0183. The Bertz CT molecular complexity index is 612. The first-order valence-corrected chi connectivity index (χ1v) is 10.5. The molecule has 2 aliphatic rings. The van der Waals surface area contributed by atoms with Gasteiger partial charge in [-0.1, -0.05) is 28.8 Å². The summed E-state index contributed by atoms with van der Waals surface area (Å²) in [4.78, 5) is 29.4. The molecule has 6 heteroatoms. The molecule has 0 spiro atoms. The van der Waals surface area contributed by atoms with E-state index in [1.165, 1.54) is 12.8 Å². The van der Waals surface area contributed by atoms with Crippen LogP contribution in [0.25, 0.3) is 0 Å². The van der Waals surface area contributed by atoms with Crippen LogP contribution in [-0.4, -0.2) is 54.3 Å². The number of hydrogen-bond donors (Lipinski definition) is 1. The van der Waals surface area contributed by atoms with Crippen LogP contribution in [0, 0.1) is 5.92 Å². The first-order valence-electron chi connectivity index (χ1n) is 9.68. The Hall–Kier alpha value is -1.40. The second-order valence-electron chi connectivity index (χ2n) is 7.37. The summed E-state index contributed by atoms with van der Waals surface area (Å²) in [7, 11) is 0. The maximum atomic E-state index is 12.9. The molecule has 1 aromatic rings. The van der Waals surface area contributed by atoms with Crippen molar-refractivity contribution in [1.82, 2.24) is 9.80 Å². The number of benzene rings is 1. The molecule has 2 heterocycles. The van der Waals surface area contributed by atoms with Gasteiger partial charge < -0.3 is 10.2 Å². The van der Waals surface area contributed by atoms with Crippen LogP contribution < -0.4 is 5.32 Å². The number of carbonyl (C=O) groups excluding carboxylic acids is 2. The van der Waals surface area contributed by atoms with E-state index in [9.17, 15) is 9.59 Å². The number of piperidine rings is 1. The van der Waals surface area contributed by atoms with E-state index in [-0.39, 0.29) is 11.8 Å². The van der Waals surface area contributed by atoms with Crippen molar-refractivity contribution in [3.63, 3.8) is 0 Å². The summed E-state index contributed by atoms with van der Waals surface area (Å²) in [6, 6.07) is 7.58. The topological polar surface area (TPSA) is 52.7 Å². The second-order valence-corrected chi connectivity index (χ2v) is 8.28. The summed E-state index contributed by atoms with van der Waals surface area (Å²) in [6.45, 7) is 3.74. The van der Waals surface area contributed by atoms with Gasteiger partial charge in [-0.2, -0.15) is 0 Å². The summed E-state index contributed by atoms with van der Waals surface area (Å²) in [5.41, 5.74) is 0.799. The summed E-state index contributed by atoms with van der Waals surface area (Å²) in [5.74, 6) is 0.322. The first kappa shape index (κ1) is 19.4. The average Bonchev–Trinajstić information content (AvgIpc) is 2.92. The Morgan fingerprint density at radius 2 is 1.69 bits per heavy atom. The van der Waals surface area contributed by atoms with Crippen LogP contribution in [0.5, 0.6) is 0 Å². The molecule has 1 unspecified atom stereocenters. The third kappa shape index (κ3) is 5.55. The zero-order valence-electron chi connectivity index (χ0n) is 15.3. The maximum absolute atomic E-state index is 12.9. The molecule has 1 atom stereocenters. The van der Waals surface area contributed by atoms with Crippen LogP contribution >= 0.6 is 15.9 Å². The third-order valence-corrected chi connectivity index (χ3v) is 5.80. The van der Waals surface area contributed by atoms with Gasteiger partial charge in [0.05, 0.1) is 12.5 Å². The second kappa shape index (κ2) is 9.51. The molecular formula is C20H28BrN3O2. The Balaban J connectivity index is 1.50. The molecule has 2 amide bonds. The van der Waals surface area contributed by atoms with Crippen LogP contribution in [0.15, 0.2) is 28.7 Å². The normalized spacial score (nSPS) is 21.9. The number of rotatable bonds is 4. The monoisotopic (exact) mass is 421 g/mol. The molecule has 142 valence electrons. The predicted molar refractivity (Wildman–Crippen MR) is 107 cm³/mol. The molecule has 0 bridgehead atoms. The minimum absolute atomic E-state index is 0.0183. The van der Waals surface area contributed by atoms with Gasteiger partial charge in [-0.25, -0.2) is 0 Å². The predicted octanol–water partition coefficient (Wildman–Crippen LogP) is 3.50. The van der Waals surface area contributed by atoms with Gasteiger partial charge in [0.2, 0.25) is 11.8 Å². The molecule has 5 nitrogen and oxygen atoms in total. The van der Waals surface area contributed by atoms with Gasteiger partial charge >= 0.3 is 0 Å².